The van der Waals surface area contributed by atoms with Gasteiger partial charge in [0, 0.05) is 30.6 Å². The first kappa shape index (κ1) is 12.7. The minimum atomic E-state index is 0.255. The first-order valence-corrected chi connectivity index (χ1v) is 7.24. The Morgan fingerprint density at radius 3 is 3.05 bits per heavy atom. The van der Waals surface area contributed by atoms with E-state index in [0.29, 0.717) is 19.1 Å². The van der Waals surface area contributed by atoms with E-state index in [1.165, 1.54) is 6.42 Å². The number of carbonyl (C=O) groups excluding carboxylic acids is 1. The Kier molecular flexibility index (Phi) is 3.83. The molecule has 0 bridgehead atoms. The Labute approximate surface area is 113 Å². The number of fused-ring (bicyclic) bond motifs is 1. The van der Waals surface area contributed by atoms with Crippen molar-refractivity contribution in [3.05, 3.63) is 29.3 Å². The van der Waals surface area contributed by atoms with Crippen LogP contribution in [0.3, 0.4) is 0 Å². The molecule has 1 aromatic carbocycles. The van der Waals surface area contributed by atoms with Gasteiger partial charge in [-0.3, -0.25) is 4.79 Å². The van der Waals surface area contributed by atoms with Gasteiger partial charge in [0.15, 0.2) is 5.78 Å². The summed E-state index contributed by atoms with van der Waals surface area (Å²) in [6, 6.07) is 5.82. The lowest BCUT2D eigenvalue weighted by molar-refractivity contribution is 0.0897. The third-order valence-electron chi connectivity index (χ3n) is 3.99. The molecule has 0 spiro atoms. The van der Waals surface area contributed by atoms with E-state index in [0.717, 1.165) is 49.2 Å². The zero-order chi connectivity index (χ0) is 13.1. The maximum absolute atomic E-state index is 11.8. The lowest BCUT2D eigenvalue weighted by atomic mass is 9.90. The van der Waals surface area contributed by atoms with Gasteiger partial charge in [-0.2, -0.15) is 0 Å². The van der Waals surface area contributed by atoms with Gasteiger partial charge < -0.3 is 9.47 Å². The molecule has 19 heavy (non-hydrogen) atoms. The number of rotatable bonds is 4. The fourth-order valence-corrected chi connectivity index (χ4v) is 2.95. The Morgan fingerprint density at radius 2 is 2.21 bits per heavy atom. The van der Waals surface area contributed by atoms with Crippen LogP contribution >= 0.6 is 0 Å². The molecule has 1 unspecified atom stereocenters. The van der Waals surface area contributed by atoms with E-state index in [2.05, 4.69) is 0 Å². The fourth-order valence-electron chi connectivity index (χ4n) is 2.95. The van der Waals surface area contributed by atoms with Crippen LogP contribution in [-0.2, 0) is 11.2 Å². The third-order valence-corrected chi connectivity index (χ3v) is 3.99. The van der Waals surface area contributed by atoms with Gasteiger partial charge in [-0.15, -0.1) is 0 Å². The smallest absolute Gasteiger partial charge is 0.163 e. The van der Waals surface area contributed by atoms with Crippen LogP contribution in [0.15, 0.2) is 18.2 Å². The molecule has 3 nitrogen and oxygen atoms in total. The van der Waals surface area contributed by atoms with Gasteiger partial charge in [-0.05, 0) is 31.7 Å². The molecule has 2 aliphatic rings. The van der Waals surface area contributed by atoms with Crippen molar-refractivity contribution in [1.29, 1.82) is 0 Å². The average Bonchev–Trinajstić information content (AvgIpc) is 2.93. The second-order valence-corrected chi connectivity index (χ2v) is 5.33. The molecule has 0 radical (unpaired) electrons. The molecule has 1 saturated heterocycles. The molecule has 0 saturated carbocycles. The quantitative estimate of drug-likeness (QED) is 0.834. The predicted molar refractivity (Wildman–Crippen MR) is 72.8 cm³/mol. The molecular formula is C16H20O3. The summed E-state index contributed by atoms with van der Waals surface area (Å²) in [5.74, 6) is 1.15. The van der Waals surface area contributed by atoms with Gasteiger partial charge >= 0.3 is 0 Å². The van der Waals surface area contributed by atoms with Crippen molar-refractivity contribution >= 4 is 5.78 Å². The second-order valence-electron chi connectivity index (χ2n) is 5.33. The normalized spacial score (nSPS) is 22.3. The molecule has 3 heteroatoms. The Morgan fingerprint density at radius 1 is 1.26 bits per heavy atom. The highest BCUT2D eigenvalue weighted by Crippen LogP contribution is 2.29. The molecule has 0 amide bonds. The molecule has 1 heterocycles. The summed E-state index contributed by atoms with van der Waals surface area (Å²) in [7, 11) is 0. The monoisotopic (exact) mass is 260 g/mol. The summed E-state index contributed by atoms with van der Waals surface area (Å²) in [5.41, 5.74) is 1.96. The van der Waals surface area contributed by atoms with Gasteiger partial charge in [0.1, 0.15) is 5.75 Å². The fraction of sp³-hybridized carbons (Fsp3) is 0.562. The van der Waals surface area contributed by atoms with Gasteiger partial charge in [0.25, 0.3) is 0 Å². The predicted octanol–water partition coefficient (Wildman–Crippen LogP) is 3.15. The minimum absolute atomic E-state index is 0.255. The van der Waals surface area contributed by atoms with Crippen molar-refractivity contribution < 1.29 is 14.3 Å². The summed E-state index contributed by atoms with van der Waals surface area (Å²) in [4.78, 5) is 11.8. The SMILES string of the molecule is O=C1CCCc2c(OCCC3CCCO3)cccc21. The van der Waals surface area contributed by atoms with Crippen molar-refractivity contribution in [2.24, 2.45) is 0 Å². The summed E-state index contributed by atoms with van der Waals surface area (Å²) in [5, 5.41) is 0. The molecule has 1 atom stereocenters. The zero-order valence-electron chi connectivity index (χ0n) is 11.2. The van der Waals surface area contributed by atoms with Gasteiger partial charge in [-0.25, -0.2) is 0 Å². The highest BCUT2D eigenvalue weighted by molar-refractivity contribution is 5.99. The first-order valence-electron chi connectivity index (χ1n) is 7.24. The van der Waals surface area contributed by atoms with E-state index in [1.807, 2.05) is 18.2 Å². The van der Waals surface area contributed by atoms with Crippen molar-refractivity contribution in [1.82, 2.24) is 0 Å². The van der Waals surface area contributed by atoms with Crippen LogP contribution in [0, 0.1) is 0 Å². The lowest BCUT2D eigenvalue weighted by Crippen LogP contribution is -2.14. The highest BCUT2D eigenvalue weighted by atomic mass is 16.5. The van der Waals surface area contributed by atoms with Gasteiger partial charge in [-0.1, -0.05) is 12.1 Å². The van der Waals surface area contributed by atoms with Crippen LogP contribution in [-0.4, -0.2) is 25.1 Å². The van der Waals surface area contributed by atoms with Crippen LogP contribution in [0.5, 0.6) is 5.75 Å². The zero-order valence-corrected chi connectivity index (χ0v) is 11.2. The Hall–Kier alpha value is -1.35. The Balaban J connectivity index is 1.64. The van der Waals surface area contributed by atoms with E-state index in [4.69, 9.17) is 9.47 Å². The van der Waals surface area contributed by atoms with E-state index in [9.17, 15) is 4.79 Å². The van der Waals surface area contributed by atoms with Gasteiger partial charge in [0.05, 0.1) is 12.7 Å². The summed E-state index contributed by atoms with van der Waals surface area (Å²) in [6.07, 6.45) is 6.19. The number of carbonyl (C=O) groups is 1. The van der Waals surface area contributed by atoms with Crippen LogP contribution < -0.4 is 4.74 Å². The lowest BCUT2D eigenvalue weighted by Gasteiger charge is -2.19. The standard InChI is InChI=1S/C16H20O3/c17-15-7-1-6-14-13(15)5-2-8-16(14)19-11-9-12-4-3-10-18-12/h2,5,8,12H,1,3-4,6-7,9-11H2. The minimum Gasteiger partial charge on any atom is -0.493 e. The number of Topliss-reactive ketones (excluding diaryl/α,β-unsaturated/α-hetero) is 1. The van der Waals surface area contributed by atoms with E-state index < -0.39 is 0 Å². The molecular weight excluding hydrogens is 240 g/mol. The first-order chi connectivity index (χ1) is 9.34. The Bertz CT molecular complexity index is 461. The van der Waals surface area contributed by atoms with Crippen LogP contribution in [0.4, 0.5) is 0 Å². The molecule has 3 rings (SSSR count). The van der Waals surface area contributed by atoms with Crippen molar-refractivity contribution in [3.8, 4) is 5.75 Å². The summed E-state index contributed by atoms with van der Waals surface area (Å²) in [6.45, 7) is 1.56. The largest absolute Gasteiger partial charge is 0.493 e. The molecule has 1 aromatic rings. The number of hydrogen-bond acceptors (Lipinski definition) is 3. The summed E-state index contributed by atoms with van der Waals surface area (Å²) < 4.78 is 11.5. The molecule has 102 valence electrons. The number of ketones is 1. The molecule has 1 fully saturated rings. The highest BCUT2D eigenvalue weighted by Gasteiger charge is 2.20. The molecule has 0 N–H and O–H groups in total. The number of benzene rings is 1. The maximum atomic E-state index is 11.8. The van der Waals surface area contributed by atoms with E-state index >= 15 is 0 Å². The number of ether oxygens (including phenoxy) is 2. The van der Waals surface area contributed by atoms with Crippen molar-refractivity contribution in [2.75, 3.05) is 13.2 Å². The second kappa shape index (κ2) is 5.74. The topological polar surface area (TPSA) is 35.5 Å². The molecule has 1 aliphatic carbocycles. The van der Waals surface area contributed by atoms with Crippen LogP contribution in [0.1, 0.15) is 48.0 Å². The summed E-state index contributed by atoms with van der Waals surface area (Å²) >= 11 is 0. The van der Waals surface area contributed by atoms with Crippen molar-refractivity contribution in [3.63, 3.8) is 0 Å². The van der Waals surface area contributed by atoms with Crippen LogP contribution in [0.2, 0.25) is 0 Å². The molecule has 0 aromatic heterocycles. The third kappa shape index (κ3) is 2.81. The van der Waals surface area contributed by atoms with E-state index in [-0.39, 0.29) is 5.78 Å². The average molecular weight is 260 g/mol. The van der Waals surface area contributed by atoms with Crippen molar-refractivity contribution in [2.45, 2.75) is 44.6 Å². The number of hydrogen-bond donors (Lipinski definition) is 0. The maximum Gasteiger partial charge on any atom is 0.163 e. The van der Waals surface area contributed by atoms with E-state index in [1.54, 1.807) is 0 Å². The molecule has 1 aliphatic heterocycles. The van der Waals surface area contributed by atoms with Crippen LogP contribution in [0.25, 0.3) is 0 Å². The van der Waals surface area contributed by atoms with Gasteiger partial charge in [0.2, 0.25) is 0 Å².